The molecule has 2 aromatic heterocycles. The quantitative estimate of drug-likeness (QED) is 0.687. The van der Waals surface area contributed by atoms with Crippen LogP contribution in [0.5, 0.6) is 5.75 Å². The number of aromatic nitrogens is 4. The first-order valence-corrected chi connectivity index (χ1v) is 7.96. The van der Waals surface area contributed by atoms with Gasteiger partial charge in [-0.15, -0.1) is 0 Å². The van der Waals surface area contributed by atoms with Crippen molar-refractivity contribution in [3.8, 4) is 17.4 Å². The van der Waals surface area contributed by atoms with E-state index in [0.29, 0.717) is 36.4 Å². The van der Waals surface area contributed by atoms with E-state index in [2.05, 4.69) is 20.1 Å². The van der Waals surface area contributed by atoms with Gasteiger partial charge in [0.25, 0.3) is 5.91 Å². The molecule has 0 radical (unpaired) electrons. The normalized spacial score (nSPS) is 14.1. The van der Waals surface area contributed by atoms with Crippen LogP contribution in [0.1, 0.15) is 11.8 Å². The van der Waals surface area contributed by atoms with Crippen LogP contribution >= 0.6 is 0 Å². The standard InChI is InChI=1S/C17H14FN5O3/c18-12-2-4-13(5-3-12)25-10-14(24)23-8-11(9-23)17-21-16(22-26-17)15-19-6-1-7-20-15/h1-7,11H,8-10H2. The number of amides is 1. The molecule has 1 aliphatic rings. The van der Waals surface area contributed by atoms with Gasteiger partial charge >= 0.3 is 0 Å². The molecule has 1 fully saturated rings. The summed E-state index contributed by atoms with van der Waals surface area (Å²) < 4.78 is 23.4. The minimum absolute atomic E-state index is 0.0188. The Morgan fingerprint density at radius 1 is 1.19 bits per heavy atom. The summed E-state index contributed by atoms with van der Waals surface area (Å²) in [5.41, 5.74) is 0. The first-order chi connectivity index (χ1) is 12.7. The average molecular weight is 355 g/mol. The molecule has 4 rings (SSSR count). The smallest absolute Gasteiger partial charge is 0.260 e. The van der Waals surface area contributed by atoms with Gasteiger partial charge in [-0.3, -0.25) is 4.79 Å². The van der Waals surface area contributed by atoms with Crippen molar-refractivity contribution in [1.82, 2.24) is 25.0 Å². The minimum atomic E-state index is -0.353. The van der Waals surface area contributed by atoms with Crippen LogP contribution in [0.25, 0.3) is 11.6 Å². The third-order valence-corrected chi connectivity index (χ3v) is 3.97. The Hall–Kier alpha value is -3.36. The van der Waals surface area contributed by atoms with Crippen molar-refractivity contribution in [1.29, 1.82) is 0 Å². The molecule has 26 heavy (non-hydrogen) atoms. The molecule has 0 N–H and O–H groups in total. The van der Waals surface area contributed by atoms with Crippen LogP contribution in [0.2, 0.25) is 0 Å². The molecule has 0 atom stereocenters. The zero-order valence-electron chi connectivity index (χ0n) is 13.6. The number of rotatable bonds is 5. The van der Waals surface area contributed by atoms with Gasteiger partial charge in [0.2, 0.25) is 17.5 Å². The molecular formula is C17H14FN5O3. The van der Waals surface area contributed by atoms with Crippen molar-refractivity contribution in [3.63, 3.8) is 0 Å². The van der Waals surface area contributed by atoms with Gasteiger partial charge < -0.3 is 14.2 Å². The molecule has 132 valence electrons. The Kier molecular flexibility index (Phi) is 4.26. The fraction of sp³-hybridized carbons (Fsp3) is 0.235. The second-order valence-corrected chi connectivity index (χ2v) is 5.77. The number of halogens is 1. The number of benzene rings is 1. The first kappa shape index (κ1) is 16.1. The monoisotopic (exact) mass is 355 g/mol. The first-order valence-electron chi connectivity index (χ1n) is 7.96. The van der Waals surface area contributed by atoms with Crippen LogP contribution in [0.3, 0.4) is 0 Å². The average Bonchev–Trinajstić information content (AvgIpc) is 3.10. The fourth-order valence-corrected chi connectivity index (χ4v) is 2.51. The van der Waals surface area contributed by atoms with E-state index in [1.165, 1.54) is 24.3 Å². The highest BCUT2D eigenvalue weighted by molar-refractivity contribution is 5.78. The minimum Gasteiger partial charge on any atom is -0.484 e. The van der Waals surface area contributed by atoms with Gasteiger partial charge in [0.1, 0.15) is 11.6 Å². The highest BCUT2D eigenvalue weighted by Crippen LogP contribution is 2.27. The lowest BCUT2D eigenvalue weighted by atomic mass is 10.0. The maximum absolute atomic E-state index is 12.8. The van der Waals surface area contributed by atoms with Crippen LogP contribution in [0.4, 0.5) is 4.39 Å². The van der Waals surface area contributed by atoms with Crippen LogP contribution in [0, 0.1) is 5.82 Å². The SMILES string of the molecule is O=C(COc1ccc(F)cc1)N1CC(c2nc(-c3ncccn3)no2)C1. The lowest BCUT2D eigenvalue weighted by Gasteiger charge is -2.36. The summed E-state index contributed by atoms with van der Waals surface area (Å²) >= 11 is 0. The number of likely N-dealkylation sites (tertiary alicyclic amines) is 1. The van der Waals surface area contributed by atoms with E-state index in [1.807, 2.05) is 0 Å². The maximum atomic E-state index is 12.8. The van der Waals surface area contributed by atoms with Crippen LogP contribution < -0.4 is 4.74 Å². The van der Waals surface area contributed by atoms with Crippen LogP contribution in [0.15, 0.2) is 47.2 Å². The summed E-state index contributed by atoms with van der Waals surface area (Å²) in [5, 5.41) is 3.87. The number of hydrogen-bond donors (Lipinski definition) is 0. The molecule has 3 heterocycles. The van der Waals surface area contributed by atoms with E-state index < -0.39 is 0 Å². The van der Waals surface area contributed by atoms with Gasteiger partial charge in [-0.2, -0.15) is 4.98 Å². The summed E-state index contributed by atoms with van der Waals surface area (Å²) in [4.78, 5) is 26.2. The molecule has 3 aromatic rings. The zero-order valence-corrected chi connectivity index (χ0v) is 13.6. The van der Waals surface area contributed by atoms with E-state index in [4.69, 9.17) is 9.26 Å². The molecule has 0 aliphatic carbocycles. The van der Waals surface area contributed by atoms with Gasteiger partial charge in [-0.05, 0) is 30.3 Å². The predicted molar refractivity (Wildman–Crippen MR) is 86.5 cm³/mol. The van der Waals surface area contributed by atoms with Crippen molar-refractivity contribution in [2.45, 2.75) is 5.92 Å². The molecule has 8 nitrogen and oxygen atoms in total. The molecule has 0 unspecified atom stereocenters. The molecule has 1 aliphatic heterocycles. The topological polar surface area (TPSA) is 94.2 Å². The largest absolute Gasteiger partial charge is 0.484 e. The number of nitrogens with zero attached hydrogens (tertiary/aromatic N) is 5. The molecule has 0 saturated carbocycles. The summed E-state index contributed by atoms with van der Waals surface area (Å²) in [7, 11) is 0. The summed E-state index contributed by atoms with van der Waals surface area (Å²) in [6, 6.07) is 7.22. The van der Waals surface area contributed by atoms with Gasteiger partial charge in [0, 0.05) is 25.5 Å². The predicted octanol–water partition coefficient (Wildman–Crippen LogP) is 1.67. The Balaban J connectivity index is 1.29. The van der Waals surface area contributed by atoms with Gasteiger partial charge in [-0.25, -0.2) is 14.4 Å². The van der Waals surface area contributed by atoms with E-state index >= 15 is 0 Å². The summed E-state index contributed by atoms with van der Waals surface area (Å²) in [6.45, 7) is 0.844. The number of carbonyl (C=O) groups is 1. The summed E-state index contributed by atoms with van der Waals surface area (Å²) in [6.07, 6.45) is 3.20. The molecule has 1 amide bonds. The molecular weight excluding hydrogens is 341 g/mol. The Morgan fingerprint density at radius 3 is 2.65 bits per heavy atom. The molecule has 1 aromatic carbocycles. The molecule has 9 heteroatoms. The molecule has 0 bridgehead atoms. The zero-order chi connectivity index (χ0) is 17.9. The number of hydrogen-bond acceptors (Lipinski definition) is 7. The van der Waals surface area contributed by atoms with E-state index in [9.17, 15) is 9.18 Å². The van der Waals surface area contributed by atoms with E-state index in [-0.39, 0.29) is 24.2 Å². The van der Waals surface area contributed by atoms with Crippen molar-refractivity contribution in [3.05, 3.63) is 54.4 Å². The van der Waals surface area contributed by atoms with Gasteiger partial charge in [0.05, 0.1) is 5.92 Å². The van der Waals surface area contributed by atoms with Crippen LogP contribution in [-0.4, -0.2) is 50.6 Å². The maximum Gasteiger partial charge on any atom is 0.260 e. The van der Waals surface area contributed by atoms with Crippen molar-refractivity contribution in [2.75, 3.05) is 19.7 Å². The van der Waals surface area contributed by atoms with Crippen LogP contribution in [-0.2, 0) is 4.79 Å². The lowest BCUT2D eigenvalue weighted by Crippen LogP contribution is -2.50. The van der Waals surface area contributed by atoms with Crippen molar-refractivity contribution in [2.24, 2.45) is 0 Å². The molecule has 0 spiro atoms. The Labute approximate surface area is 147 Å². The second kappa shape index (κ2) is 6.87. The molecule has 1 saturated heterocycles. The Morgan fingerprint density at radius 2 is 1.92 bits per heavy atom. The number of ether oxygens (including phenoxy) is 1. The van der Waals surface area contributed by atoms with Gasteiger partial charge in [-0.1, -0.05) is 5.16 Å². The lowest BCUT2D eigenvalue weighted by molar-refractivity contribution is -0.138. The van der Waals surface area contributed by atoms with Gasteiger partial charge in [0.15, 0.2) is 6.61 Å². The second-order valence-electron chi connectivity index (χ2n) is 5.77. The third kappa shape index (κ3) is 3.37. The Bertz CT molecular complexity index is 894. The highest BCUT2D eigenvalue weighted by atomic mass is 19.1. The number of carbonyl (C=O) groups excluding carboxylic acids is 1. The van der Waals surface area contributed by atoms with Crippen molar-refractivity contribution >= 4 is 5.91 Å². The highest BCUT2D eigenvalue weighted by Gasteiger charge is 2.35. The third-order valence-electron chi connectivity index (χ3n) is 3.97. The van der Waals surface area contributed by atoms with E-state index in [1.54, 1.807) is 23.4 Å². The van der Waals surface area contributed by atoms with E-state index in [0.717, 1.165) is 0 Å². The fourth-order valence-electron chi connectivity index (χ4n) is 2.51. The van der Waals surface area contributed by atoms with Crippen molar-refractivity contribution < 1.29 is 18.4 Å². The summed E-state index contributed by atoms with van der Waals surface area (Å²) in [5.74, 6) is 1.09.